The molecule has 1 heterocycles. The first-order valence-electron chi connectivity index (χ1n) is 4.79. The molecule has 15 heavy (non-hydrogen) atoms. The Morgan fingerprint density at radius 2 is 2.27 bits per heavy atom. The summed E-state index contributed by atoms with van der Waals surface area (Å²) in [4.78, 5) is 23.6. The van der Waals surface area contributed by atoms with Crippen LogP contribution in [0.4, 0.5) is 0 Å². The van der Waals surface area contributed by atoms with Crippen molar-refractivity contribution < 1.29 is 19.4 Å². The highest BCUT2D eigenvalue weighted by Gasteiger charge is 2.40. The Morgan fingerprint density at radius 3 is 2.73 bits per heavy atom. The maximum atomic E-state index is 10.9. The van der Waals surface area contributed by atoms with Gasteiger partial charge in [-0.1, -0.05) is 0 Å². The number of rotatable bonds is 4. The van der Waals surface area contributed by atoms with Crippen molar-refractivity contribution in [2.75, 3.05) is 26.7 Å². The van der Waals surface area contributed by atoms with Gasteiger partial charge in [0.2, 0.25) is 0 Å². The molecule has 0 radical (unpaired) electrons. The summed E-state index contributed by atoms with van der Waals surface area (Å²) in [7, 11) is 1.33. The molecular formula is C9H16N2O4. The highest BCUT2D eigenvalue weighted by Crippen LogP contribution is 2.18. The van der Waals surface area contributed by atoms with Crippen molar-refractivity contribution in [2.45, 2.75) is 18.4 Å². The molecule has 6 nitrogen and oxygen atoms in total. The van der Waals surface area contributed by atoms with Crippen molar-refractivity contribution in [3.05, 3.63) is 0 Å². The Morgan fingerprint density at radius 1 is 1.60 bits per heavy atom. The lowest BCUT2D eigenvalue weighted by Crippen LogP contribution is -2.50. The highest BCUT2D eigenvalue weighted by atomic mass is 16.5. The smallest absolute Gasteiger partial charge is 0.325 e. The minimum absolute atomic E-state index is 0.270. The largest absolute Gasteiger partial charge is 0.480 e. The molecule has 0 saturated carbocycles. The van der Waals surface area contributed by atoms with Crippen molar-refractivity contribution in [2.24, 2.45) is 5.73 Å². The summed E-state index contributed by atoms with van der Waals surface area (Å²) in [5, 5.41) is 8.87. The second-order valence-electron chi connectivity index (χ2n) is 3.81. The Labute approximate surface area is 88.0 Å². The van der Waals surface area contributed by atoms with Crippen LogP contribution in [0.1, 0.15) is 12.8 Å². The second-order valence-corrected chi connectivity index (χ2v) is 3.81. The number of carbonyl (C=O) groups excluding carboxylic acids is 1. The Balaban J connectivity index is 2.37. The Bertz CT molecular complexity index is 269. The van der Waals surface area contributed by atoms with Crippen LogP contribution in [0, 0.1) is 0 Å². The van der Waals surface area contributed by atoms with Crippen LogP contribution < -0.4 is 5.73 Å². The van der Waals surface area contributed by atoms with E-state index in [-0.39, 0.29) is 12.4 Å². The van der Waals surface area contributed by atoms with E-state index in [1.54, 1.807) is 0 Å². The molecule has 0 aromatic carbocycles. The predicted octanol–water partition coefficient (Wildman–Crippen LogP) is -0.963. The van der Waals surface area contributed by atoms with E-state index in [1.807, 2.05) is 4.90 Å². The van der Waals surface area contributed by atoms with Crippen molar-refractivity contribution >= 4 is 11.9 Å². The van der Waals surface area contributed by atoms with Crippen LogP contribution in [-0.2, 0) is 14.3 Å². The zero-order valence-corrected chi connectivity index (χ0v) is 8.73. The zero-order valence-electron chi connectivity index (χ0n) is 8.73. The second kappa shape index (κ2) is 4.59. The third-order valence-corrected chi connectivity index (χ3v) is 2.67. The van der Waals surface area contributed by atoms with Crippen LogP contribution in [0.3, 0.4) is 0 Å². The molecular weight excluding hydrogens is 200 g/mol. The van der Waals surface area contributed by atoms with Gasteiger partial charge >= 0.3 is 11.9 Å². The summed E-state index contributed by atoms with van der Waals surface area (Å²) < 4.78 is 4.50. The molecule has 0 aliphatic carbocycles. The summed E-state index contributed by atoms with van der Waals surface area (Å²) >= 11 is 0. The highest BCUT2D eigenvalue weighted by molar-refractivity contribution is 5.79. The van der Waals surface area contributed by atoms with Gasteiger partial charge < -0.3 is 20.5 Å². The average molecular weight is 216 g/mol. The number of ether oxygens (including phenoxy) is 1. The maximum Gasteiger partial charge on any atom is 0.325 e. The summed E-state index contributed by atoms with van der Waals surface area (Å²) in [6, 6.07) is 0. The number of carboxylic acids is 1. The molecule has 1 aliphatic rings. The van der Waals surface area contributed by atoms with Crippen LogP contribution in [0.2, 0.25) is 0 Å². The topological polar surface area (TPSA) is 92.9 Å². The van der Waals surface area contributed by atoms with Crippen molar-refractivity contribution in [1.29, 1.82) is 0 Å². The fourth-order valence-electron chi connectivity index (χ4n) is 1.63. The zero-order chi connectivity index (χ0) is 11.5. The van der Waals surface area contributed by atoms with Gasteiger partial charge in [-0.15, -0.1) is 0 Å². The van der Waals surface area contributed by atoms with E-state index in [1.165, 1.54) is 7.11 Å². The Hall–Kier alpha value is -1.14. The third kappa shape index (κ3) is 2.90. The van der Waals surface area contributed by atoms with Gasteiger partial charge in [-0.3, -0.25) is 9.59 Å². The number of hydrogen-bond acceptors (Lipinski definition) is 5. The molecule has 1 rings (SSSR count). The van der Waals surface area contributed by atoms with E-state index in [2.05, 4.69) is 4.74 Å². The number of hydrogen-bond donors (Lipinski definition) is 2. The molecule has 86 valence electrons. The van der Waals surface area contributed by atoms with Gasteiger partial charge in [-0.2, -0.15) is 0 Å². The molecule has 1 atom stereocenters. The Kier molecular flexibility index (Phi) is 3.65. The van der Waals surface area contributed by atoms with Crippen molar-refractivity contribution in [3.8, 4) is 0 Å². The fraction of sp³-hybridized carbons (Fsp3) is 0.778. The van der Waals surface area contributed by atoms with Gasteiger partial charge in [-0.05, 0) is 6.42 Å². The molecule has 3 N–H and O–H groups in total. The van der Waals surface area contributed by atoms with Crippen LogP contribution in [0.15, 0.2) is 0 Å². The van der Waals surface area contributed by atoms with Gasteiger partial charge in [-0.25, -0.2) is 0 Å². The van der Waals surface area contributed by atoms with Crippen LogP contribution >= 0.6 is 0 Å². The molecule has 1 fully saturated rings. The lowest BCUT2D eigenvalue weighted by atomic mass is 10.0. The van der Waals surface area contributed by atoms with E-state index in [4.69, 9.17) is 10.8 Å². The summed E-state index contributed by atoms with van der Waals surface area (Å²) in [5.74, 6) is -1.28. The molecule has 0 aromatic heterocycles. The number of carboxylic acid groups (broad SMARTS) is 1. The minimum Gasteiger partial charge on any atom is -0.480 e. The van der Waals surface area contributed by atoms with Gasteiger partial charge in [0.25, 0.3) is 0 Å². The minimum atomic E-state index is -1.16. The fourth-order valence-corrected chi connectivity index (χ4v) is 1.63. The third-order valence-electron chi connectivity index (χ3n) is 2.67. The van der Waals surface area contributed by atoms with E-state index in [9.17, 15) is 9.59 Å². The number of likely N-dealkylation sites (tertiary alicyclic amines) is 1. The number of carbonyl (C=O) groups is 2. The number of methoxy groups -OCH3 is 1. The monoisotopic (exact) mass is 216 g/mol. The molecule has 1 unspecified atom stereocenters. The van der Waals surface area contributed by atoms with Gasteiger partial charge in [0, 0.05) is 19.6 Å². The molecule has 0 spiro atoms. The lowest BCUT2D eigenvalue weighted by molar-refractivity contribution is -0.142. The molecule has 1 saturated heterocycles. The average Bonchev–Trinajstić information content (AvgIpc) is 2.58. The molecule has 0 bridgehead atoms. The molecule has 1 aliphatic heterocycles. The van der Waals surface area contributed by atoms with E-state index < -0.39 is 11.5 Å². The van der Waals surface area contributed by atoms with E-state index >= 15 is 0 Å². The number of esters is 1. The SMILES string of the molecule is COC(=O)CCN1CCC(N)(C(=O)O)C1. The first kappa shape index (κ1) is 11.9. The molecule has 0 aromatic rings. The van der Waals surface area contributed by atoms with Crippen LogP contribution in [0.25, 0.3) is 0 Å². The van der Waals surface area contributed by atoms with Gasteiger partial charge in [0.05, 0.1) is 13.5 Å². The normalized spacial score (nSPS) is 26.5. The van der Waals surface area contributed by atoms with Crippen molar-refractivity contribution in [3.63, 3.8) is 0 Å². The summed E-state index contributed by atoms with van der Waals surface area (Å²) in [5.41, 5.74) is 4.52. The summed E-state index contributed by atoms with van der Waals surface area (Å²) in [6.45, 7) is 1.40. The van der Waals surface area contributed by atoms with Gasteiger partial charge in [0.15, 0.2) is 0 Å². The van der Waals surface area contributed by atoms with E-state index in [0.717, 1.165) is 0 Å². The number of aliphatic carboxylic acids is 1. The van der Waals surface area contributed by atoms with Crippen LogP contribution in [-0.4, -0.2) is 54.2 Å². The predicted molar refractivity (Wildman–Crippen MR) is 52.2 cm³/mol. The number of nitrogens with zero attached hydrogens (tertiary/aromatic N) is 1. The van der Waals surface area contributed by atoms with Gasteiger partial charge in [0.1, 0.15) is 5.54 Å². The molecule has 0 amide bonds. The first-order chi connectivity index (χ1) is 6.98. The first-order valence-corrected chi connectivity index (χ1v) is 4.79. The quantitative estimate of drug-likeness (QED) is 0.588. The number of nitrogens with two attached hydrogens (primary N) is 1. The van der Waals surface area contributed by atoms with Crippen LogP contribution in [0.5, 0.6) is 0 Å². The molecule has 6 heteroatoms. The van der Waals surface area contributed by atoms with Crippen molar-refractivity contribution in [1.82, 2.24) is 4.90 Å². The lowest BCUT2D eigenvalue weighted by Gasteiger charge is -2.19. The van der Waals surface area contributed by atoms with E-state index in [0.29, 0.717) is 26.1 Å². The maximum absolute atomic E-state index is 10.9. The summed E-state index contributed by atoms with van der Waals surface area (Å²) in [6.07, 6.45) is 0.690. The standard InChI is InChI=1S/C9H16N2O4/c1-15-7(12)2-4-11-5-3-9(10,6-11)8(13)14/h2-6,10H2,1H3,(H,13,14).